The molecule has 0 spiro atoms. The van der Waals surface area contributed by atoms with E-state index in [1.807, 2.05) is 0 Å². The van der Waals surface area contributed by atoms with Gasteiger partial charge in [0.1, 0.15) is 28.7 Å². The summed E-state index contributed by atoms with van der Waals surface area (Å²) in [6.45, 7) is 0.362. The lowest BCUT2D eigenvalue weighted by molar-refractivity contribution is -0.137. The van der Waals surface area contributed by atoms with Crippen molar-refractivity contribution in [2.75, 3.05) is 6.54 Å². The highest BCUT2D eigenvalue weighted by molar-refractivity contribution is 7.89. The van der Waals surface area contributed by atoms with E-state index in [1.54, 1.807) is 24.3 Å². The Bertz CT molecular complexity index is 1240. The van der Waals surface area contributed by atoms with Crippen molar-refractivity contribution in [3.05, 3.63) is 78.3 Å². The van der Waals surface area contributed by atoms with Crippen LogP contribution in [0.3, 0.4) is 0 Å². The molecular formula is C23H21F3N2O5S. The molecule has 1 aliphatic rings. The smallest absolute Gasteiger partial charge is 0.416 e. The maximum absolute atomic E-state index is 12.8. The highest BCUT2D eigenvalue weighted by Crippen LogP contribution is 2.31. The van der Waals surface area contributed by atoms with Crippen LogP contribution in [0.15, 0.2) is 76.4 Å². The topological polar surface area (TPSA) is 88.9 Å². The van der Waals surface area contributed by atoms with Crippen molar-refractivity contribution in [1.82, 2.24) is 9.62 Å². The van der Waals surface area contributed by atoms with Crippen LogP contribution in [0.1, 0.15) is 24.0 Å². The number of amides is 1. The minimum atomic E-state index is -4.43. The van der Waals surface area contributed by atoms with Crippen LogP contribution in [-0.2, 0) is 27.5 Å². The average Bonchev–Trinajstić information content (AvgIpc) is 3.50. The molecule has 0 radical (unpaired) electrons. The van der Waals surface area contributed by atoms with Crippen molar-refractivity contribution < 1.29 is 35.5 Å². The molecule has 1 aromatic heterocycles. The van der Waals surface area contributed by atoms with Gasteiger partial charge in [-0.15, -0.1) is 0 Å². The van der Waals surface area contributed by atoms with Crippen LogP contribution in [0.5, 0.6) is 11.5 Å². The lowest BCUT2D eigenvalue weighted by atomic mass is 10.2. The number of ether oxygens (including phenoxy) is 1. The zero-order valence-corrected chi connectivity index (χ0v) is 18.6. The van der Waals surface area contributed by atoms with E-state index >= 15 is 0 Å². The molecule has 1 atom stereocenters. The fraction of sp³-hybridized carbons (Fsp3) is 0.261. The molecule has 0 bridgehead atoms. The molecule has 34 heavy (non-hydrogen) atoms. The minimum absolute atomic E-state index is 0.000293. The van der Waals surface area contributed by atoms with E-state index in [-0.39, 0.29) is 23.7 Å². The second-order valence-corrected chi connectivity index (χ2v) is 9.61. The molecule has 1 amide bonds. The summed E-state index contributed by atoms with van der Waals surface area (Å²) in [6.07, 6.45) is -1.07. The SMILES string of the molecule is O=C(NCc1cccc(Oc2ccc(C(F)(F)F)cc2)c1)[C@@H]1CCCN1S(=O)(=O)c1ccoc1. The highest BCUT2D eigenvalue weighted by Gasteiger charge is 2.39. The van der Waals surface area contributed by atoms with Crippen LogP contribution >= 0.6 is 0 Å². The van der Waals surface area contributed by atoms with Crippen LogP contribution in [0.4, 0.5) is 13.2 Å². The molecule has 1 N–H and O–H groups in total. The van der Waals surface area contributed by atoms with Gasteiger partial charge in [-0.2, -0.15) is 17.5 Å². The molecule has 2 heterocycles. The second kappa shape index (κ2) is 9.51. The van der Waals surface area contributed by atoms with Crippen molar-refractivity contribution in [3.63, 3.8) is 0 Å². The lowest BCUT2D eigenvalue weighted by Crippen LogP contribution is -2.45. The Morgan fingerprint density at radius 1 is 1.12 bits per heavy atom. The number of alkyl halides is 3. The Balaban J connectivity index is 1.38. The fourth-order valence-corrected chi connectivity index (χ4v) is 5.28. The number of sulfonamides is 1. The van der Waals surface area contributed by atoms with Gasteiger partial charge in [-0.3, -0.25) is 4.79 Å². The zero-order valence-electron chi connectivity index (χ0n) is 17.8. The first-order chi connectivity index (χ1) is 16.1. The number of carbonyl (C=O) groups is 1. The van der Waals surface area contributed by atoms with Crippen molar-refractivity contribution in [2.45, 2.75) is 36.5 Å². The molecule has 7 nitrogen and oxygen atoms in total. The first kappa shape index (κ1) is 23.8. The standard InChI is InChI=1S/C23H21F3N2O5S/c24-23(25,26)17-6-8-18(9-7-17)33-19-4-1-3-16(13-19)14-27-22(29)21-5-2-11-28(21)34(30,31)20-10-12-32-15-20/h1,3-4,6-10,12-13,15,21H,2,5,11,14H2,(H,27,29)/t21-/m0/s1. The zero-order chi connectivity index (χ0) is 24.3. The summed E-state index contributed by atoms with van der Waals surface area (Å²) >= 11 is 0. The molecule has 11 heteroatoms. The largest absolute Gasteiger partial charge is 0.471 e. The molecule has 1 saturated heterocycles. The number of carbonyl (C=O) groups excluding carboxylic acids is 1. The van der Waals surface area contributed by atoms with E-state index in [1.165, 1.54) is 28.8 Å². The van der Waals surface area contributed by atoms with Gasteiger partial charge in [0, 0.05) is 13.1 Å². The summed E-state index contributed by atoms with van der Waals surface area (Å²) in [5, 5.41) is 2.75. The van der Waals surface area contributed by atoms with Crippen LogP contribution in [0.2, 0.25) is 0 Å². The Morgan fingerprint density at radius 3 is 2.56 bits per heavy atom. The maximum Gasteiger partial charge on any atom is 0.416 e. The van der Waals surface area contributed by atoms with Gasteiger partial charge in [-0.25, -0.2) is 8.42 Å². The summed E-state index contributed by atoms with van der Waals surface area (Å²) in [7, 11) is -3.84. The highest BCUT2D eigenvalue weighted by atomic mass is 32.2. The Labute approximate surface area is 194 Å². The monoisotopic (exact) mass is 494 g/mol. The normalized spacial score (nSPS) is 17.0. The Hall–Kier alpha value is -3.31. The van der Waals surface area contributed by atoms with Crippen LogP contribution in [-0.4, -0.2) is 31.2 Å². The molecule has 4 rings (SSSR count). The maximum atomic E-state index is 12.8. The van der Waals surface area contributed by atoms with Gasteiger partial charge in [0.25, 0.3) is 0 Å². The van der Waals surface area contributed by atoms with E-state index in [9.17, 15) is 26.4 Å². The van der Waals surface area contributed by atoms with Crippen molar-refractivity contribution >= 4 is 15.9 Å². The predicted octanol–water partition coefficient (Wildman–Crippen LogP) is 4.56. The van der Waals surface area contributed by atoms with Crippen LogP contribution in [0.25, 0.3) is 0 Å². The lowest BCUT2D eigenvalue weighted by Gasteiger charge is -2.22. The van der Waals surface area contributed by atoms with E-state index in [4.69, 9.17) is 9.15 Å². The van der Waals surface area contributed by atoms with Gasteiger partial charge in [-0.05, 0) is 60.9 Å². The number of halogens is 3. The number of nitrogens with zero attached hydrogens (tertiary/aromatic N) is 1. The number of benzene rings is 2. The van der Waals surface area contributed by atoms with Crippen molar-refractivity contribution in [2.24, 2.45) is 0 Å². The number of rotatable bonds is 7. The Kier molecular flexibility index (Phi) is 6.67. The van der Waals surface area contributed by atoms with E-state index < -0.39 is 33.7 Å². The molecule has 3 aromatic rings. The number of furan rings is 1. The first-order valence-corrected chi connectivity index (χ1v) is 11.8. The molecule has 1 fully saturated rings. The van der Waals surface area contributed by atoms with Gasteiger partial charge >= 0.3 is 6.18 Å². The molecular weight excluding hydrogens is 473 g/mol. The van der Waals surface area contributed by atoms with Gasteiger partial charge in [0.15, 0.2) is 0 Å². The third-order valence-corrected chi connectivity index (χ3v) is 7.27. The fourth-order valence-electron chi connectivity index (χ4n) is 3.70. The molecule has 1 aliphatic heterocycles. The quantitative estimate of drug-likeness (QED) is 0.520. The number of hydrogen-bond donors (Lipinski definition) is 1. The molecule has 0 unspecified atom stereocenters. The molecule has 180 valence electrons. The molecule has 0 aliphatic carbocycles. The van der Waals surface area contributed by atoms with E-state index in [0.717, 1.165) is 18.4 Å². The van der Waals surface area contributed by atoms with Gasteiger partial charge in [-0.1, -0.05) is 12.1 Å². The molecule has 0 saturated carbocycles. The van der Waals surface area contributed by atoms with Gasteiger partial charge in [0.2, 0.25) is 15.9 Å². The molecule has 2 aromatic carbocycles. The second-order valence-electron chi connectivity index (χ2n) is 7.72. The summed E-state index contributed by atoms with van der Waals surface area (Å²) in [5.41, 5.74) is -0.0907. The van der Waals surface area contributed by atoms with E-state index in [2.05, 4.69) is 5.32 Å². The summed E-state index contributed by atoms with van der Waals surface area (Å²) in [6, 6.07) is 11.6. The summed E-state index contributed by atoms with van der Waals surface area (Å²) in [4.78, 5) is 12.8. The van der Waals surface area contributed by atoms with Crippen LogP contribution < -0.4 is 10.1 Å². The van der Waals surface area contributed by atoms with E-state index in [0.29, 0.717) is 24.2 Å². The Morgan fingerprint density at radius 2 is 1.88 bits per heavy atom. The van der Waals surface area contributed by atoms with Crippen molar-refractivity contribution in [3.8, 4) is 11.5 Å². The first-order valence-electron chi connectivity index (χ1n) is 10.4. The van der Waals surface area contributed by atoms with Crippen LogP contribution in [0, 0.1) is 0 Å². The summed E-state index contributed by atoms with van der Waals surface area (Å²) in [5.74, 6) is 0.204. The van der Waals surface area contributed by atoms with Gasteiger partial charge < -0.3 is 14.5 Å². The average molecular weight is 494 g/mol. The minimum Gasteiger partial charge on any atom is -0.471 e. The third-order valence-electron chi connectivity index (χ3n) is 5.39. The number of hydrogen-bond acceptors (Lipinski definition) is 5. The number of nitrogens with one attached hydrogen (secondary N) is 1. The van der Waals surface area contributed by atoms with Crippen molar-refractivity contribution in [1.29, 1.82) is 0 Å². The summed E-state index contributed by atoms with van der Waals surface area (Å²) < 4.78 is 75.4. The van der Waals surface area contributed by atoms with Gasteiger partial charge in [0.05, 0.1) is 11.8 Å². The predicted molar refractivity (Wildman–Crippen MR) is 115 cm³/mol. The third kappa shape index (κ3) is 5.26.